The Morgan fingerprint density at radius 3 is 1.95 bits per heavy atom. The molecule has 22 heavy (non-hydrogen) atoms. The second-order valence-corrected chi connectivity index (χ2v) is 6.58. The Morgan fingerprint density at radius 2 is 1.41 bits per heavy atom. The molecular weight excluding hydrogens is 272 g/mol. The topological polar surface area (TPSA) is 40.5 Å². The first-order chi connectivity index (χ1) is 10.7. The van der Waals surface area contributed by atoms with Crippen molar-refractivity contribution >= 4 is 0 Å². The summed E-state index contributed by atoms with van der Waals surface area (Å²) < 4.78 is 0. The van der Waals surface area contributed by atoms with E-state index < -0.39 is 0 Å². The van der Waals surface area contributed by atoms with E-state index in [0.29, 0.717) is 11.7 Å². The molecule has 0 amide bonds. The molecule has 0 spiro atoms. The van der Waals surface area contributed by atoms with Gasteiger partial charge in [-0.25, -0.2) is 0 Å². The van der Waals surface area contributed by atoms with Crippen LogP contribution in [0.25, 0.3) is 0 Å². The van der Waals surface area contributed by atoms with E-state index in [1.807, 2.05) is 0 Å². The molecule has 2 nitrogen and oxygen atoms in total. The molecule has 0 bridgehead atoms. The second-order valence-electron chi connectivity index (χ2n) is 6.58. The molecule has 1 rings (SSSR count). The van der Waals surface area contributed by atoms with E-state index in [2.05, 4.69) is 13.8 Å². The summed E-state index contributed by atoms with van der Waals surface area (Å²) in [7, 11) is 0. The number of phenols is 2. The van der Waals surface area contributed by atoms with E-state index in [-0.39, 0.29) is 5.75 Å². The third-order valence-electron chi connectivity index (χ3n) is 4.50. The van der Waals surface area contributed by atoms with Gasteiger partial charge in [0.05, 0.1) is 0 Å². The van der Waals surface area contributed by atoms with Crippen LogP contribution in [0.4, 0.5) is 0 Å². The van der Waals surface area contributed by atoms with Crippen molar-refractivity contribution in [1.29, 1.82) is 0 Å². The quantitative estimate of drug-likeness (QED) is 0.356. The summed E-state index contributed by atoms with van der Waals surface area (Å²) in [6.07, 6.45) is 13.7. The van der Waals surface area contributed by atoms with E-state index >= 15 is 0 Å². The van der Waals surface area contributed by atoms with Crippen LogP contribution in [0.2, 0.25) is 0 Å². The average Bonchev–Trinajstić information content (AvgIpc) is 2.51. The maximum atomic E-state index is 9.99. The molecule has 0 radical (unpaired) electrons. The minimum atomic E-state index is 0.253. The Labute approximate surface area is 136 Å². The highest BCUT2D eigenvalue weighted by Gasteiger charge is 2.13. The summed E-state index contributed by atoms with van der Waals surface area (Å²) in [5, 5.41) is 19.6. The van der Waals surface area contributed by atoms with Crippen molar-refractivity contribution in [3.8, 4) is 11.5 Å². The standard InChI is InChI=1S/C20H34O2/c1-3-5-7-9-11-17(12-10-8-6-4-2)15-18-16-19(21)13-14-20(18)22/h13-14,16-17,21-22H,3-12,15H2,1-2H3. The van der Waals surface area contributed by atoms with Gasteiger partial charge in [0.15, 0.2) is 0 Å². The lowest BCUT2D eigenvalue weighted by Crippen LogP contribution is -2.05. The van der Waals surface area contributed by atoms with Crippen molar-refractivity contribution < 1.29 is 10.2 Å². The molecule has 126 valence electrons. The van der Waals surface area contributed by atoms with Crippen molar-refractivity contribution in [3.63, 3.8) is 0 Å². The van der Waals surface area contributed by atoms with Crippen LogP contribution >= 0.6 is 0 Å². The Morgan fingerprint density at radius 1 is 0.818 bits per heavy atom. The van der Waals surface area contributed by atoms with Crippen LogP contribution in [0.5, 0.6) is 11.5 Å². The molecule has 0 saturated carbocycles. The number of rotatable bonds is 12. The molecule has 2 heteroatoms. The van der Waals surface area contributed by atoms with Crippen LogP contribution < -0.4 is 0 Å². The number of hydrogen-bond acceptors (Lipinski definition) is 2. The predicted molar refractivity (Wildman–Crippen MR) is 94.5 cm³/mol. The van der Waals surface area contributed by atoms with Crippen molar-refractivity contribution in [2.75, 3.05) is 0 Å². The highest BCUT2D eigenvalue weighted by atomic mass is 16.3. The molecule has 0 aliphatic heterocycles. The summed E-state index contributed by atoms with van der Waals surface area (Å²) in [4.78, 5) is 0. The number of benzene rings is 1. The molecule has 0 fully saturated rings. The van der Waals surface area contributed by atoms with E-state index in [1.54, 1.807) is 18.2 Å². The summed E-state index contributed by atoms with van der Waals surface area (Å²) in [5.74, 6) is 1.20. The van der Waals surface area contributed by atoms with Gasteiger partial charge in [-0.3, -0.25) is 0 Å². The number of aromatic hydroxyl groups is 2. The van der Waals surface area contributed by atoms with Gasteiger partial charge in [-0.15, -0.1) is 0 Å². The lowest BCUT2D eigenvalue weighted by Gasteiger charge is -2.18. The maximum absolute atomic E-state index is 9.99. The van der Waals surface area contributed by atoms with Gasteiger partial charge in [-0.1, -0.05) is 78.1 Å². The van der Waals surface area contributed by atoms with Gasteiger partial charge >= 0.3 is 0 Å². The zero-order chi connectivity index (χ0) is 16.2. The smallest absolute Gasteiger partial charge is 0.119 e. The van der Waals surface area contributed by atoms with E-state index in [1.165, 1.54) is 64.2 Å². The predicted octanol–water partition coefficient (Wildman–Crippen LogP) is 6.20. The lowest BCUT2D eigenvalue weighted by molar-refractivity contribution is 0.392. The van der Waals surface area contributed by atoms with Gasteiger partial charge in [-0.05, 0) is 36.1 Å². The van der Waals surface area contributed by atoms with Gasteiger partial charge in [0, 0.05) is 0 Å². The molecular formula is C20H34O2. The van der Waals surface area contributed by atoms with E-state index in [4.69, 9.17) is 0 Å². The molecule has 1 aromatic rings. The first kappa shape index (κ1) is 18.9. The zero-order valence-corrected chi connectivity index (χ0v) is 14.5. The van der Waals surface area contributed by atoms with Crippen LogP contribution in [0.1, 0.15) is 83.6 Å². The minimum Gasteiger partial charge on any atom is -0.508 e. The van der Waals surface area contributed by atoms with E-state index in [0.717, 1.165) is 12.0 Å². The normalized spacial score (nSPS) is 11.2. The summed E-state index contributed by atoms with van der Waals surface area (Å²) in [6.45, 7) is 4.49. The Kier molecular flexibility index (Phi) is 9.77. The van der Waals surface area contributed by atoms with Crippen molar-refractivity contribution in [2.24, 2.45) is 5.92 Å². The maximum Gasteiger partial charge on any atom is 0.119 e. The summed E-state index contributed by atoms with van der Waals surface area (Å²) >= 11 is 0. The molecule has 0 aliphatic rings. The molecule has 0 atom stereocenters. The summed E-state index contributed by atoms with van der Waals surface area (Å²) in [5.41, 5.74) is 0.899. The Hall–Kier alpha value is -1.18. The van der Waals surface area contributed by atoms with Gasteiger partial charge in [0.2, 0.25) is 0 Å². The molecule has 0 saturated heterocycles. The molecule has 0 unspecified atom stereocenters. The first-order valence-electron chi connectivity index (χ1n) is 9.18. The number of phenolic OH excluding ortho intramolecular Hbond substituents is 2. The van der Waals surface area contributed by atoms with Crippen molar-refractivity contribution in [2.45, 2.75) is 84.5 Å². The van der Waals surface area contributed by atoms with Crippen LogP contribution in [-0.4, -0.2) is 10.2 Å². The van der Waals surface area contributed by atoms with Gasteiger partial charge in [0.25, 0.3) is 0 Å². The van der Waals surface area contributed by atoms with Gasteiger partial charge in [0.1, 0.15) is 11.5 Å². The van der Waals surface area contributed by atoms with Gasteiger partial charge < -0.3 is 10.2 Å². The monoisotopic (exact) mass is 306 g/mol. The fraction of sp³-hybridized carbons (Fsp3) is 0.700. The zero-order valence-electron chi connectivity index (χ0n) is 14.5. The number of hydrogen-bond donors (Lipinski definition) is 2. The average molecular weight is 306 g/mol. The lowest BCUT2D eigenvalue weighted by atomic mass is 9.88. The third kappa shape index (κ3) is 7.72. The minimum absolute atomic E-state index is 0.253. The molecule has 0 aliphatic carbocycles. The molecule has 0 heterocycles. The first-order valence-corrected chi connectivity index (χ1v) is 9.18. The Balaban J connectivity index is 2.53. The fourth-order valence-corrected chi connectivity index (χ4v) is 3.11. The van der Waals surface area contributed by atoms with Crippen LogP contribution in [0.15, 0.2) is 18.2 Å². The van der Waals surface area contributed by atoms with Crippen molar-refractivity contribution in [3.05, 3.63) is 23.8 Å². The highest BCUT2D eigenvalue weighted by Crippen LogP contribution is 2.29. The molecule has 0 aromatic heterocycles. The molecule has 2 N–H and O–H groups in total. The second kappa shape index (κ2) is 11.4. The fourth-order valence-electron chi connectivity index (χ4n) is 3.11. The van der Waals surface area contributed by atoms with Crippen molar-refractivity contribution in [1.82, 2.24) is 0 Å². The third-order valence-corrected chi connectivity index (χ3v) is 4.50. The SMILES string of the molecule is CCCCCCC(CCCCCC)Cc1cc(O)ccc1O. The summed E-state index contributed by atoms with van der Waals surface area (Å²) in [6, 6.07) is 4.88. The Bertz CT molecular complexity index is 389. The highest BCUT2D eigenvalue weighted by molar-refractivity contribution is 5.38. The largest absolute Gasteiger partial charge is 0.508 e. The van der Waals surface area contributed by atoms with E-state index in [9.17, 15) is 10.2 Å². The van der Waals surface area contributed by atoms with Crippen LogP contribution in [0.3, 0.4) is 0 Å². The number of unbranched alkanes of at least 4 members (excludes halogenated alkanes) is 6. The molecule has 1 aromatic carbocycles. The van der Waals surface area contributed by atoms with Crippen LogP contribution in [-0.2, 0) is 6.42 Å². The van der Waals surface area contributed by atoms with Gasteiger partial charge in [-0.2, -0.15) is 0 Å². The van der Waals surface area contributed by atoms with Crippen LogP contribution in [0, 0.1) is 5.92 Å².